The van der Waals surface area contributed by atoms with E-state index in [2.05, 4.69) is 18.2 Å². The second-order valence-electron chi connectivity index (χ2n) is 2.56. The maximum Gasteiger partial charge on any atom is 0.0576 e. The molecule has 1 heterocycles. The van der Waals surface area contributed by atoms with Crippen molar-refractivity contribution in [2.24, 2.45) is 0 Å². The molecule has 1 fully saturated rings. The highest BCUT2D eigenvalue weighted by molar-refractivity contribution is 8.00. The van der Waals surface area contributed by atoms with Crippen molar-refractivity contribution in [2.75, 3.05) is 12.3 Å². The molecule has 2 unspecified atom stereocenters. The van der Waals surface area contributed by atoms with Gasteiger partial charge in [0.1, 0.15) is 0 Å². The lowest BCUT2D eigenvalue weighted by Crippen LogP contribution is -2.33. The highest BCUT2D eigenvalue weighted by Gasteiger charge is 2.22. The highest BCUT2D eigenvalue weighted by Crippen LogP contribution is 2.25. The number of hydrogen-bond acceptors (Lipinski definition) is 2. The van der Waals surface area contributed by atoms with Crippen molar-refractivity contribution in [3.05, 3.63) is 0 Å². The first-order valence-corrected chi connectivity index (χ1v) is 4.68. The minimum atomic E-state index is 0.654. The molecule has 1 aliphatic rings. The van der Waals surface area contributed by atoms with Gasteiger partial charge in [0, 0.05) is 11.3 Å². The SMILES string of the molecule is C#CCNC1CCSC1C. The van der Waals surface area contributed by atoms with E-state index in [-0.39, 0.29) is 0 Å². The number of rotatable bonds is 2. The van der Waals surface area contributed by atoms with E-state index >= 15 is 0 Å². The molecule has 0 aromatic carbocycles. The summed E-state index contributed by atoms with van der Waals surface area (Å²) in [4.78, 5) is 0. The van der Waals surface area contributed by atoms with Crippen molar-refractivity contribution >= 4 is 11.8 Å². The van der Waals surface area contributed by atoms with Gasteiger partial charge in [-0.15, -0.1) is 6.42 Å². The molecular weight excluding hydrogens is 142 g/mol. The van der Waals surface area contributed by atoms with Crippen molar-refractivity contribution < 1.29 is 0 Å². The third-order valence-corrected chi connectivity index (χ3v) is 3.17. The third-order valence-electron chi connectivity index (χ3n) is 1.84. The molecule has 0 aromatic rings. The molecule has 0 spiro atoms. The van der Waals surface area contributed by atoms with Crippen LogP contribution in [0, 0.1) is 12.3 Å². The topological polar surface area (TPSA) is 12.0 Å². The second-order valence-corrected chi connectivity index (χ2v) is 4.04. The molecule has 1 N–H and O–H groups in total. The third kappa shape index (κ3) is 1.93. The second kappa shape index (κ2) is 3.90. The van der Waals surface area contributed by atoms with Gasteiger partial charge in [-0.2, -0.15) is 11.8 Å². The normalized spacial score (nSPS) is 32.0. The standard InChI is InChI=1S/C8H13NS/c1-3-5-9-8-4-6-10-7(8)2/h1,7-9H,4-6H2,2H3. The van der Waals surface area contributed by atoms with E-state index < -0.39 is 0 Å². The summed E-state index contributed by atoms with van der Waals surface area (Å²) < 4.78 is 0. The highest BCUT2D eigenvalue weighted by atomic mass is 32.2. The first kappa shape index (κ1) is 7.97. The Labute approximate surface area is 67.0 Å². The molecule has 1 aliphatic heterocycles. The predicted octanol–water partition coefficient (Wildman–Crippen LogP) is 1.10. The maximum atomic E-state index is 5.13. The van der Waals surface area contributed by atoms with Gasteiger partial charge in [-0.25, -0.2) is 0 Å². The summed E-state index contributed by atoms with van der Waals surface area (Å²) in [6.07, 6.45) is 6.40. The quantitative estimate of drug-likeness (QED) is 0.599. The van der Waals surface area contributed by atoms with Crippen LogP contribution in [0.2, 0.25) is 0 Å². The lowest BCUT2D eigenvalue weighted by molar-refractivity contribution is 0.547. The summed E-state index contributed by atoms with van der Waals surface area (Å²) in [5, 5.41) is 4.07. The van der Waals surface area contributed by atoms with Crippen molar-refractivity contribution in [1.29, 1.82) is 0 Å². The first-order chi connectivity index (χ1) is 4.84. The van der Waals surface area contributed by atoms with Gasteiger partial charge in [-0.05, 0) is 12.2 Å². The Bertz CT molecular complexity index is 139. The molecule has 1 rings (SSSR count). The predicted molar refractivity (Wildman–Crippen MR) is 47.2 cm³/mol. The zero-order valence-electron chi connectivity index (χ0n) is 6.26. The van der Waals surface area contributed by atoms with E-state index in [1.165, 1.54) is 12.2 Å². The monoisotopic (exact) mass is 155 g/mol. The van der Waals surface area contributed by atoms with Gasteiger partial charge in [-0.1, -0.05) is 12.8 Å². The van der Waals surface area contributed by atoms with Crippen molar-refractivity contribution in [1.82, 2.24) is 5.32 Å². The van der Waals surface area contributed by atoms with Crippen LogP contribution in [0.1, 0.15) is 13.3 Å². The van der Waals surface area contributed by atoms with Crippen molar-refractivity contribution in [2.45, 2.75) is 24.6 Å². The molecule has 0 aliphatic carbocycles. The Balaban J connectivity index is 2.21. The van der Waals surface area contributed by atoms with Crippen LogP contribution in [-0.2, 0) is 0 Å². The van der Waals surface area contributed by atoms with Gasteiger partial charge in [0.2, 0.25) is 0 Å². The number of thioether (sulfide) groups is 1. The van der Waals surface area contributed by atoms with Crippen LogP contribution in [0.4, 0.5) is 0 Å². The zero-order valence-corrected chi connectivity index (χ0v) is 7.08. The molecule has 2 atom stereocenters. The van der Waals surface area contributed by atoms with Crippen molar-refractivity contribution in [3.8, 4) is 12.3 Å². The number of hydrogen-bond donors (Lipinski definition) is 1. The zero-order chi connectivity index (χ0) is 7.40. The largest absolute Gasteiger partial charge is 0.302 e. The van der Waals surface area contributed by atoms with Crippen LogP contribution in [-0.4, -0.2) is 23.6 Å². The van der Waals surface area contributed by atoms with E-state index in [1.807, 2.05) is 11.8 Å². The Hall–Kier alpha value is -0.130. The van der Waals surface area contributed by atoms with Gasteiger partial charge in [0.05, 0.1) is 6.54 Å². The number of terminal acetylenes is 1. The first-order valence-electron chi connectivity index (χ1n) is 3.63. The van der Waals surface area contributed by atoms with E-state index in [0.29, 0.717) is 6.04 Å². The Morgan fingerprint density at radius 3 is 3.10 bits per heavy atom. The molecule has 2 heteroatoms. The van der Waals surface area contributed by atoms with Crippen LogP contribution in [0.15, 0.2) is 0 Å². The van der Waals surface area contributed by atoms with E-state index in [9.17, 15) is 0 Å². The van der Waals surface area contributed by atoms with Crippen LogP contribution in [0.3, 0.4) is 0 Å². The van der Waals surface area contributed by atoms with Gasteiger partial charge in [-0.3, -0.25) is 0 Å². The molecule has 0 aromatic heterocycles. The molecule has 56 valence electrons. The fourth-order valence-corrected chi connectivity index (χ4v) is 2.42. The summed E-state index contributed by atoms with van der Waals surface area (Å²) in [6.45, 7) is 2.97. The molecule has 1 nitrogen and oxygen atoms in total. The molecule has 0 amide bonds. The van der Waals surface area contributed by atoms with E-state index in [1.54, 1.807) is 0 Å². The smallest absolute Gasteiger partial charge is 0.0576 e. The lowest BCUT2D eigenvalue weighted by atomic mass is 10.2. The minimum Gasteiger partial charge on any atom is -0.302 e. The van der Waals surface area contributed by atoms with E-state index in [4.69, 9.17) is 6.42 Å². The Morgan fingerprint density at radius 1 is 1.80 bits per heavy atom. The molecular formula is C8H13NS. The molecule has 0 radical (unpaired) electrons. The van der Waals surface area contributed by atoms with Gasteiger partial charge in [0.15, 0.2) is 0 Å². The van der Waals surface area contributed by atoms with Crippen LogP contribution in [0.25, 0.3) is 0 Å². The van der Waals surface area contributed by atoms with Crippen LogP contribution in [0.5, 0.6) is 0 Å². The molecule has 1 saturated heterocycles. The summed E-state index contributed by atoms with van der Waals surface area (Å²) in [6, 6.07) is 0.654. The summed E-state index contributed by atoms with van der Waals surface area (Å²) in [5.41, 5.74) is 0. The average molecular weight is 155 g/mol. The van der Waals surface area contributed by atoms with Crippen molar-refractivity contribution in [3.63, 3.8) is 0 Å². The lowest BCUT2D eigenvalue weighted by Gasteiger charge is -2.13. The van der Waals surface area contributed by atoms with Gasteiger partial charge < -0.3 is 5.32 Å². The van der Waals surface area contributed by atoms with Crippen LogP contribution < -0.4 is 5.32 Å². The average Bonchev–Trinajstić information content (AvgIpc) is 2.31. The summed E-state index contributed by atoms with van der Waals surface area (Å²) in [7, 11) is 0. The molecule has 0 bridgehead atoms. The van der Waals surface area contributed by atoms with Crippen LogP contribution >= 0.6 is 11.8 Å². The fraction of sp³-hybridized carbons (Fsp3) is 0.750. The summed E-state index contributed by atoms with van der Waals surface area (Å²) in [5.74, 6) is 3.88. The van der Waals surface area contributed by atoms with Gasteiger partial charge >= 0.3 is 0 Å². The molecule has 0 saturated carbocycles. The fourth-order valence-electron chi connectivity index (χ4n) is 1.19. The Kier molecular flexibility index (Phi) is 3.11. The maximum absolute atomic E-state index is 5.13. The minimum absolute atomic E-state index is 0.654. The van der Waals surface area contributed by atoms with Gasteiger partial charge in [0.25, 0.3) is 0 Å². The van der Waals surface area contributed by atoms with E-state index in [0.717, 1.165) is 11.8 Å². The number of nitrogens with one attached hydrogen (secondary N) is 1. The summed E-state index contributed by atoms with van der Waals surface area (Å²) >= 11 is 2.02. The molecule has 10 heavy (non-hydrogen) atoms. The Morgan fingerprint density at radius 2 is 2.60 bits per heavy atom.